The maximum Gasteiger partial charge on any atom is 0.0674 e. The maximum absolute atomic E-state index is 9.72. The van der Waals surface area contributed by atoms with Crippen molar-refractivity contribution in [2.45, 2.75) is 58.3 Å². The molecule has 0 aliphatic carbocycles. The molecular formula is C12H25NO2. The van der Waals surface area contributed by atoms with Crippen LogP contribution in [0.25, 0.3) is 0 Å². The van der Waals surface area contributed by atoms with Crippen LogP contribution in [0.15, 0.2) is 0 Å². The average molecular weight is 215 g/mol. The van der Waals surface area contributed by atoms with Crippen molar-refractivity contribution < 1.29 is 9.84 Å². The predicted octanol–water partition coefficient (Wildman–Crippen LogP) is 1.65. The second-order valence-electron chi connectivity index (χ2n) is 5.26. The fourth-order valence-corrected chi connectivity index (χ4v) is 1.98. The first-order chi connectivity index (χ1) is 6.92. The van der Waals surface area contributed by atoms with Crippen LogP contribution in [0.2, 0.25) is 0 Å². The van der Waals surface area contributed by atoms with E-state index in [1.54, 1.807) is 0 Å². The molecule has 1 saturated heterocycles. The van der Waals surface area contributed by atoms with Crippen LogP contribution in [0.1, 0.15) is 40.5 Å². The third kappa shape index (κ3) is 4.49. The van der Waals surface area contributed by atoms with E-state index in [9.17, 15) is 5.11 Å². The summed E-state index contributed by atoms with van der Waals surface area (Å²) in [6.45, 7) is 10.9. The molecule has 0 bridgehead atoms. The van der Waals surface area contributed by atoms with Crippen molar-refractivity contribution in [2.75, 3.05) is 19.7 Å². The van der Waals surface area contributed by atoms with Crippen LogP contribution in [0, 0.1) is 0 Å². The van der Waals surface area contributed by atoms with Gasteiger partial charge in [0.15, 0.2) is 0 Å². The minimum absolute atomic E-state index is 0.328. The first-order valence-electron chi connectivity index (χ1n) is 6.00. The molecule has 2 atom stereocenters. The van der Waals surface area contributed by atoms with Gasteiger partial charge in [-0.25, -0.2) is 0 Å². The third-order valence-corrected chi connectivity index (χ3v) is 3.06. The number of hydrogen-bond acceptors (Lipinski definition) is 3. The second kappa shape index (κ2) is 5.28. The molecule has 1 aliphatic heterocycles. The Bertz CT molecular complexity index is 189. The lowest BCUT2D eigenvalue weighted by Gasteiger charge is -2.39. The fraction of sp³-hybridized carbons (Fsp3) is 1.00. The molecule has 1 N–H and O–H groups in total. The predicted molar refractivity (Wildman–Crippen MR) is 62.0 cm³/mol. The van der Waals surface area contributed by atoms with E-state index >= 15 is 0 Å². The Morgan fingerprint density at radius 1 is 1.47 bits per heavy atom. The van der Waals surface area contributed by atoms with Crippen molar-refractivity contribution in [1.82, 2.24) is 4.90 Å². The molecule has 0 amide bonds. The van der Waals surface area contributed by atoms with Crippen LogP contribution in [0.5, 0.6) is 0 Å². The van der Waals surface area contributed by atoms with Crippen molar-refractivity contribution in [3.05, 3.63) is 0 Å². The maximum atomic E-state index is 9.72. The molecule has 90 valence electrons. The molecule has 0 aromatic heterocycles. The van der Waals surface area contributed by atoms with Gasteiger partial charge in [0.2, 0.25) is 0 Å². The van der Waals surface area contributed by atoms with Gasteiger partial charge in [-0.05, 0) is 33.6 Å². The highest BCUT2D eigenvalue weighted by atomic mass is 16.5. The van der Waals surface area contributed by atoms with E-state index in [-0.39, 0.29) is 0 Å². The van der Waals surface area contributed by atoms with E-state index < -0.39 is 5.60 Å². The van der Waals surface area contributed by atoms with Crippen molar-refractivity contribution >= 4 is 0 Å². The number of hydrogen-bond donors (Lipinski definition) is 1. The van der Waals surface area contributed by atoms with Gasteiger partial charge < -0.3 is 9.84 Å². The zero-order chi connectivity index (χ0) is 11.5. The highest BCUT2D eigenvalue weighted by Gasteiger charge is 2.26. The summed E-state index contributed by atoms with van der Waals surface area (Å²) in [6, 6.07) is 0.531. The molecule has 15 heavy (non-hydrogen) atoms. The SMILES string of the molecule is CCC1COC(C)CN1CCC(C)(C)O. The van der Waals surface area contributed by atoms with Gasteiger partial charge in [0.05, 0.1) is 18.3 Å². The lowest BCUT2D eigenvalue weighted by Crippen LogP contribution is -2.49. The quantitative estimate of drug-likeness (QED) is 0.774. The van der Waals surface area contributed by atoms with Crippen LogP contribution in [-0.4, -0.2) is 47.4 Å². The molecule has 1 rings (SSSR count). The molecule has 0 spiro atoms. The zero-order valence-electron chi connectivity index (χ0n) is 10.5. The molecule has 0 aromatic rings. The fourth-order valence-electron chi connectivity index (χ4n) is 1.98. The molecule has 1 aliphatic rings. The van der Waals surface area contributed by atoms with E-state index in [1.807, 2.05) is 13.8 Å². The molecule has 1 fully saturated rings. The zero-order valence-corrected chi connectivity index (χ0v) is 10.5. The lowest BCUT2D eigenvalue weighted by atomic mass is 10.0. The minimum atomic E-state index is -0.556. The first-order valence-corrected chi connectivity index (χ1v) is 6.00. The largest absolute Gasteiger partial charge is 0.390 e. The van der Waals surface area contributed by atoms with E-state index in [4.69, 9.17) is 4.74 Å². The Hall–Kier alpha value is -0.120. The van der Waals surface area contributed by atoms with Gasteiger partial charge >= 0.3 is 0 Å². The smallest absolute Gasteiger partial charge is 0.0674 e. The normalized spacial score (nSPS) is 29.4. The van der Waals surface area contributed by atoms with Crippen LogP contribution < -0.4 is 0 Å². The van der Waals surface area contributed by atoms with Crippen molar-refractivity contribution in [2.24, 2.45) is 0 Å². The van der Waals surface area contributed by atoms with E-state index in [2.05, 4.69) is 18.7 Å². The topological polar surface area (TPSA) is 32.7 Å². The highest BCUT2D eigenvalue weighted by molar-refractivity contribution is 4.79. The summed E-state index contributed by atoms with van der Waals surface area (Å²) in [6.07, 6.45) is 2.28. The molecule has 0 radical (unpaired) electrons. The van der Waals surface area contributed by atoms with Crippen LogP contribution in [0.4, 0.5) is 0 Å². The second-order valence-corrected chi connectivity index (χ2v) is 5.26. The molecule has 3 heteroatoms. The van der Waals surface area contributed by atoms with Crippen molar-refractivity contribution in [3.8, 4) is 0 Å². The van der Waals surface area contributed by atoms with Gasteiger partial charge in [0.1, 0.15) is 0 Å². The summed E-state index contributed by atoms with van der Waals surface area (Å²) in [5.74, 6) is 0. The Kier molecular flexibility index (Phi) is 4.56. The number of rotatable bonds is 4. The summed E-state index contributed by atoms with van der Waals surface area (Å²) in [5, 5.41) is 9.72. The van der Waals surface area contributed by atoms with Gasteiger partial charge in [-0.2, -0.15) is 0 Å². The van der Waals surface area contributed by atoms with Gasteiger partial charge in [-0.1, -0.05) is 6.92 Å². The third-order valence-electron chi connectivity index (χ3n) is 3.06. The lowest BCUT2D eigenvalue weighted by molar-refractivity contribution is -0.0630. The van der Waals surface area contributed by atoms with Gasteiger partial charge in [0, 0.05) is 19.1 Å². The molecule has 0 aromatic carbocycles. The average Bonchev–Trinajstić information content (AvgIpc) is 2.14. The molecule has 2 unspecified atom stereocenters. The van der Waals surface area contributed by atoms with E-state index in [1.165, 1.54) is 0 Å². The standard InChI is InChI=1S/C12H25NO2/c1-5-11-9-15-10(2)8-13(11)7-6-12(3,4)14/h10-11,14H,5-9H2,1-4H3. The Balaban J connectivity index is 2.42. The van der Waals surface area contributed by atoms with Crippen LogP contribution in [-0.2, 0) is 4.74 Å². The summed E-state index contributed by atoms with van der Waals surface area (Å²) in [4.78, 5) is 2.45. The monoisotopic (exact) mass is 215 g/mol. The Morgan fingerprint density at radius 3 is 2.67 bits per heavy atom. The number of nitrogens with zero attached hydrogens (tertiary/aromatic N) is 1. The van der Waals surface area contributed by atoms with Gasteiger partial charge in [-0.3, -0.25) is 4.90 Å². The van der Waals surface area contributed by atoms with Crippen LogP contribution >= 0.6 is 0 Å². The molecular weight excluding hydrogens is 190 g/mol. The summed E-state index contributed by atoms with van der Waals surface area (Å²) >= 11 is 0. The minimum Gasteiger partial charge on any atom is -0.390 e. The number of ether oxygens (including phenoxy) is 1. The van der Waals surface area contributed by atoms with Gasteiger partial charge in [0.25, 0.3) is 0 Å². The highest BCUT2D eigenvalue weighted by Crippen LogP contribution is 2.17. The summed E-state index contributed by atoms with van der Waals surface area (Å²) in [5.41, 5.74) is -0.556. The number of aliphatic hydroxyl groups is 1. The van der Waals surface area contributed by atoms with Crippen molar-refractivity contribution in [3.63, 3.8) is 0 Å². The first kappa shape index (κ1) is 12.9. The molecule has 1 heterocycles. The van der Waals surface area contributed by atoms with Crippen molar-refractivity contribution in [1.29, 1.82) is 0 Å². The Morgan fingerprint density at radius 2 is 2.13 bits per heavy atom. The number of morpholine rings is 1. The molecule has 0 saturated carbocycles. The van der Waals surface area contributed by atoms with E-state index in [0.717, 1.165) is 32.5 Å². The molecule has 3 nitrogen and oxygen atoms in total. The van der Waals surface area contributed by atoms with Crippen LogP contribution in [0.3, 0.4) is 0 Å². The van der Waals surface area contributed by atoms with E-state index in [0.29, 0.717) is 12.1 Å². The summed E-state index contributed by atoms with van der Waals surface area (Å²) in [7, 11) is 0. The van der Waals surface area contributed by atoms with Gasteiger partial charge in [-0.15, -0.1) is 0 Å². The Labute approximate surface area is 93.4 Å². The summed E-state index contributed by atoms with van der Waals surface area (Å²) < 4.78 is 5.64.